The first-order valence-electron chi connectivity index (χ1n) is 10.1. The fraction of sp³-hybridized carbons (Fsp3) is 0.524. The van der Waals surface area contributed by atoms with Gasteiger partial charge in [0.15, 0.2) is 0 Å². The van der Waals surface area contributed by atoms with Crippen LogP contribution in [0.4, 0.5) is 5.69 Å². The topological polar surface area (TPSA) is 84.6 Å². The predicted molar refractivity (Wildman–Crippen MR) is 118 cm³/mol. The number of piperazine rings is 1. The molecule has 0 N–H and O–H groups in total. The molecule has 0 spiro atoms. The number of hydrogen-bond donors (Lipinski definition) is 0. The van der Waals surface area contributed by atoms with Gasteiger partial charge in [-0.15, -0.1) is 0 Å². The van der Waals surface area contributed by atoms with E-state index in [2.05, 4.69) is 13.8 Å². The number of aromatic nitrogens is 2. The summed E-state index contributed by atoms with van der Waals surface area (Å²) in [6.07, 6.45) is 0.910. The maximum atomic E-state index is 13.0. The molecule has 1 saturated heterocycles. The zero-order valence-corrected chi connectivity index (χ0v) is 19.1. The van der Waals surface area contributed by atoms with Gasteiger partial charge in [0.05, 0.1) is 4.90 Å². The molecule has 2 aromatic rings. The number of anilines is 1. The summed E-state index contributed by atoms with van der Waals surface area (Å²) in [5.41, 5.74) is 1.43. The molecule has 2 heterocycles. The molecular formula is C21H30N4O4S. The highest BCUT2D eigenvalue weighted by Gasteiger charge is 2.30. The molecule has 0 bridgehead atoms. The first-order chi connectivity index (χ1) is 14.0. The first kappa shape index (κ1) is 22.3. The molecule has 8 nitrogen and oxygen atoms in total. The van der Waals surface area contributed by atoms with Crippen LogP contribution in [0.1, 0.15) is 25.1 Å². The van der Waals surface area contributed by atoms with E-state index in [1.165, 1.54) is 15.9 Å². The molecule has 30 heavy (non-hydrogen) atoms. The van der Waals surface area contributed by atoms with Gasteiger partial charge in [-0.25, -0.2) is 13.2 Å². The van der Waals surface area contributed by atoms with Gasteiger partial charge < -0.3 is 4.90 Å². The summed E-state index contributed by atoms with van der Waals surface area (Å²) >= 11 is 0. The van der Waals surface area contributed by atoms with Gasteiger partial charge in [0.1, 0.15) is 5.69 Å². The lowest BCUT2D eigenvalue weighted by molar-refractivity contribution is 0.383. The van der Waals surface area contributed by atoms with Crippen LogP contribution in [0.15, 0.2) is 38.8 Å². The van der Waals surface area contributed by atoms with Crippen LogP contribution in [0.25, 0.3) is 0 Å². The van der Waals surface area contributed by atoms with Crippen LogP contribution in [0.5, 0.6) is 0 Å². The number of nitrogens with zero attached hydrogens (tertiary/aromatic N) is 4. The summed E-state index contributed by atoms with van der Waals surface area (Å²) in [6, 6.07) is 7.10. The van der Waals surface area contributed by atoms with Crippen LogP contribution in [-0.4, -0.2) is 48.0 Å². The van der Waals surface area contributed by atoms with Gasteiger partial charge in [-0.05, 0) is 37.0 Å². The summed E-state index contributed by atoms with van der Waals surface area (Å²) < 4.78 is 30.1. The minimum absolute atomic E-state index is 0.279. The maximum Gasteiger partial charge on any atom is 0.330 e. The average molecular weight is 435 g/mol. The zero-order valence-electron chi connectivity index (χ0n) is 18.3. The van der Waals surface area contributed by atoms with Crippen molar-refractivity contribution in [3.8, 4) is 0 Å². The van der Waals surface area contributed by atoms with Crippen LogP contribution >= 0.6 is 0 Å². The van der Waals surface area contributed by atoms with Gasteiger partial charge in [-0.3, -0.25) is 13.9 Å². The number of benzene rings is 1. The Morgan fingerprint density at radius 3 is 2.03 bits per heavy atom. The van der Waals surface area contributed by atoms with E-state index < -0.39 is 10.0 Å². The molecule has 1 aromatic carbocycles. The number of hydrogen-bond acceptors (Lipinski definition) is 5. The molecule has 0 unspecified atom stereocenters. The highest BCUT2D eigenvalue weighted by molar-refractivity contribution is 7.89. The van der Waals surface area contributed by atoms with E-state index in [1.54, 1.807) is 26.1 Å². The molecule has 0 aliphatic carbocycles. The van der Waals surface area contributed by atoms with Crippen molar-refractivity contribution in [1.82, 2.24) is 13.4 Å². The minimum Gasteiger partial charge on any atom is -0.363 e. The fourth-order valence-corrected chi connectivity index (χ4v) is 5.28. The van der Waals surface area contributed by atoms with Crippen molar-refractivity contribution in [3.05, 3.63) is 56.4 Å². The monoisotopic (exact) mass is 434 g/mol. The molecular weight excluding hydrogens is 404 g/mol. The Labute approximate surface area is 177 Å². The molecule has 164 valence electrons. The molecule has 1 aliphatic heterocycles. The Hall–Kier alpha value is -2.39. The Kier molecular flexibility index (Phi) is 6.24. The fourth-order valence-electron chi connectivity index (χ4n) is 3.86. The second-order valence-corrected chi connectivity index (χ2v) is 10.2. The number of rotatable bonds is 5. The molecule has 1 fully saturated rings. The van der Waals surface area contributed by atoms with E-state index in [-0.39, 0.29) is 29.2 Å². The van der Waals surface area contributed by atoms with Crippen molar-refractivity contribution < 1.29 is 8.42 Å². The summed E-state index contributed by atoms with van der Waals surface area (Å²) in [4.78, 5) is 26.9. The number of sulfonamides is 1. The second-order valence-electron chi connectivity index (χ2n) is 8.27. The van der Waals surface area contributed by atoms with Crippen LogP contribution in [0, 0.1) is 12.8 Å². The summed E-state index contributed by atoms with van der Waals surface area (Å²) in [7, 11) is -0.503. The average Bonchev–Trinajstić information content (AvgIpc) is 2.71. The van der Waals surface area contributed by atoms with Gasteiger partial charge in [0.2, 0.25) is 10.0 Å². The Bertz CT molecular complexity index is 1140. The standard InChI is InChI=1S/C21H30N4O4S/c1-15(2)14-17-6-8-18(9-7-17)30(28,29)25-12-10-24(11-13-25)19-16(3)22(4)21(27)23(5)20(19)26/h6-9,15H,10-14H2,1-5H3. The smallest absolute Gasteiger partial charge is 0.330 e. The highest BCUT2D eigenvalue weighted by atomic mass is 32.2. The van der Waals surface area contributed by atoms with Gasteiger partial charge >= 0.3 is 5.69 Å². The molecule has 0 amide bonds. The van der Waals surface area contributed by atoms with Crippen molar-refractivity contribution in [2.24, 2.45) is 20.0 Å². The Morgan fingerprint density at radius 2 is 1.50 bits per heavy atom. The van der Waals surface area contributed by atoms with Crippen molar-refractivity contribution >= 4 is 15.7 Å². The molecule has 9 heteroatoms. The van der Waals surface area contributed by atoms with Crippen molar-refractivity contribution in [2.75, 3.05) is 31.1 Å². The van der Waals surface area contributed by atoms with Crippen molar-refractivity contribution in [3.63, 3.8) is 0 Å². The quantitative estimate of drug-likeness (QED) is 0.704. The lowest BCUT2D eigenvalue weighted by Crippen LogP contribution is -2.51. The van der Waals surface area contributed by atoms with Crippen LogP contribution in [-0.2, 0) is 30.5 Å². The highest BCUT2D eigenvalue weighted by Crippen LogP contribution is 2.21. The van der Waals surface area contributed by atoms with Gasteiger partial charge in [-0.2, -0.15) is 4.31 Å². The molecule has 0 saturated carbocycles. The van der Waals surface area contributed by atoms with Crippen LogP contribution < -0.4 is 16.1 Å². The van der Waals surface area contributed by atoms with E-state index in [9.17, 15) is 18.0 Å². The normalized spacial score (nSPS) is 15.7. The lowest BCUT2D eigenvalue weighted by Gasteiger charge is -2.35. The maximum absolute atomic E-state index is 13.0. The lowest BCUT2D eigenvalue weighted by atomic mass is 10.0. The van der Waals surface area contributed by atoms with E-state index in [1.807, 2.05) is 17.0 Å². The third-order valence-corrected chi connectivity index (χ3v) is 7.60. The molecule has 1 aromatic heterocycles. The summed E-state index contributed by atoms with van der Waals surface area (Å²) in [5.74, 6) is 0.508. The van der Waals surface area contributed by atoms with Crippen molar-refractivity contribution in [2.45, 2.75) is 32.1 Å². The Morgan fingerprint density at radius 1 is 0.933 bits per heavy atom. The molecule has 1 aliphatic rings. The van der Waals surface area contributed by atoms with E-state index in [4.69, 9.17) is 0 Å². The van der Waals surface area contributed by atoms with Gasteiger partial charge in [0.25, 0.3) is 5.56 Å². The van der Waals surface area contributed by atoms with Crippen molar-refractivity contribution in [1.29, 1.82) is 0 Å². The zero-order chi connectivity index (χ0) is 22.2. The molecule has 3 rings (SSSR count). The van der Waals surface area contributed by atoms with E-state index in [0.717, 1.165) is 16.6 Å². The second kappa shape index (κ2) is 8.39. The Balaban J connectivity index is 1.79. The summed E-state index contributed by atoms with van der Waals surface area (Å²) in [6.45, 7) is 7.33. The largest absolute Gasteiger partial charge is 0.363 e. The molecule has 0 radical (unpaired) electrons. The van der Waals surface area contributed by atoms with Gasteiger partial charge in [-0.1, -0.05) is 26.0 Å². The van der Waals surface area contributed by atoms with E-state index in [0.29, 0.717) is 30.4 Å². The van der Waals surface area contributed by atoms with Gasteiger partial charge in [0, 0.05) is 46.0 Å². The SMILES string of the molecule is Cc1c(N2CCN(S(=O)(=O)c3ccc(CC(C)C)cc3)CC2)c(=O)n(C)c(=O)n1C. The van der Waals surface area contributed by atoms with E-state index >= 15 is 0 Å². The van der Waals surface area contributed by atoms with Crippen LogP contribution in [0.2, 0.25) is 0 Å². The molecule has 0 atom stereocenters. The minimum atomic E-state index is -3.59. The first-order valence-corrected chi connectivity index (χ1v) is 11.6. The summed E-state index contributed by atoms with van der Waals surface area (Å²) in [5, 5.41) is 0. The predicted octanol–water partition coefficient (Wildman–Crippen LogP) is 1.10. The van der Waals surface area contributed by atoms with Crippen LogP contribution in [0.3, 0.4) is 0 Å². The third kappa shape index (κ3) is 4.09. The third-order valence-electron chi connectivity index (χ3n) is 5.69.